The summed E-state index contributed by atoms with van der Waals surface area (Å²) in [5.41, 5.74) is 3.09. The number of hydrogen-bond acceptors (Lipinski definition) is 4. The molecule has 2 atom stereocenters. The van der Waals surface area contributed by atoms with Crippen LogP contribution in [0.5, 0.6) is 0 Å². The Labute approximate surface area is 221 Å². The lowest BCUT2D eigenvalue weighted by Gasteiger charge is -2.42. The molecule has 0 saturated carbocycles. The van der Waals surface area contributed by atoms with Gasteiger partial charge in [0.1, 0.15) is 0 Å². The van der Waals surface area contributed by atoms with Crippen molar-refractivity contribution in [3.8, 4) is 0 Å². The number of likely N-dealkylation sites (tertiary alicyclic amines) is 1. The highest BCUT2D eigenvalue weighted by molar-refractivity contribution is 7.85. The predicted octanol–water partition coefficient (Wildman–Crippen LogP) is 4.92. The first-order chi connectivity index (χ1) is 16.7. The minimum absolute atomic E-state index is 0.104. The van der Waals surface area contributed by atoms with E-state index in [4.69, 9.17) is 23.2 Å². The lowest BCUT2D eigenvalue weighted by molar-refractivity contribution is -0.130. The zero-order valence-corrected chi connectivity index (χ0v) is 23.1. The van der Waals surface area contributed by atoms with E-state index in [1.165, 1.54) is 11.1 Å². The molecule has 2 aromatic rings. The molecule has 0 radical (unpaired) electrons. The molecule has 1 unspecified atom stereocenters. The van der Waals surface area contributed by atoms with Gasteiger partial charge in [-0.15, -0.1) is 0 Å². The highest BCUT2D eigenvalue weighted by Gasteiger charge is 2.47. The van der Waals surface area contributed by atoms with Gasteiger partial charge in [-0.2, -0.15) is 0 Å². The van der Waals surface area contributed by atoms with Crippen molar-refractivity contribution in [2.24, 2.45) is 0 Å². The van der Waals surface area contributed by atoms with Gasteiger partial charge >= 0.3 is 0 Å². The monoisotopic (exact) mass is 535 g/mol. The van der Waals surface area contributed by atoms with Crippen molar-refractivity contribution in [1.29, 1.82) is 0 Å². The normalized spacial score (nSPS) is 21.0. The zero-order valence-electron chi connectivity index (χ0n) is 20.8. The molecule has 5 nitrogen and oxygen atoms in total. The number of amides is 1. The Morgan fingerprint density at radius 3 is 2.54 bits per heavy atom. The van der Waals surface area contributed by atoms with Gasteiger partial charge in [-0.05, 0) is 68.2 Å². The van der Waals surface area contributed by atoms with Crippen LogP contribution >= 0.6 is 23.2 Å². The van der Waals surface area contributed by atoms with Crippen LogP contribution in [0.1, 0.15) is 49.3 Å². The number of carbonyl (C=O) groups is 1. The minimum atomic E-state index is -0.861. The average Bonchev–Trinajstić information content (AvgIpc) is 3.14. The number of rotatable bonds is 8. The van der Waals surface area contributed by atoms with Crippen LogP contribution in [0, 0.1) is 0 Å². The molecule has 4 rings (SSSR count). The van der Waals surface area contributed by atoms with E-state index >= 15 is 0 Å². The minimum Gasteiger partial charge on any atom is -0.344 e. The van der Waals surface area contributed by atoms with Gasteiger partial charge in [0.2, 0.25) is 5.91 Å². The summed E-state index contributed by atoms with van der Waals surface area (Å²) in [6, 6.07) is 14.2. The fourth-order valence-electron chi connectivity index (χ4n) is 5.70. The maximum Gasteiger partial charge on any atom is 0.222 e. The van der Waals surface area contributed by atoms with E-state index < -0.39 is 16.3 Å². The van der Waals surface area contributed by atoms with E-state index in [-0.39, 0.29) is 10.7 Å². The van der Waals surface area contributed by atoms with Crippen LogP contribution in [0.15, 0.2) is 42.5 Å². The summed E-state index contributed by atoms with van der Waals surface area (Å²) in [5, 5.41) is 4.55. The van der Waals surface area contributed by atoms with Crippen LogP contribution in [0.4, 0.5) is 0 Å². The molecule has 1 spiro atoms. The maximum absolute atomic E-state index is 13.2. The van der Waals surface area contributed by atoms with Crippen molar-refractivity contribution in [3.05, 3.63) is 69.2 Å². The Morgan fingerprint density at radius 2 is 1.89 bits per heavy atom. The molecule has 2 aliphatic rings. The molecule has 0 aliphatic carbocycles. The SMILES string of the molecule is CCC(=O)N(C)CC(CCN1CCC2(CC1)c1ccccc1C[S@]2=O)(NC)c1ccc(Cl)c(Cl)c1. The summed E-state index contributed by atoms with van der Waals surface area (Å²) in [5.74, 6) is 0.778. The van der Waals surface area contributed by atoms with Crippen molar-refractivity contribution in [3.63, 3.8) is 0 Å². The molecule has 190 valence electrons. The molecule has 8 heteroatoms. The quantitative estimate of drug-likeness (QED) is 0.521. The second-order valence-corrected chi connectivity index (χ2v) is 12.4. The van der Waals surface area contributed by atoms with Gasteiger partial charge < -0.3 is 15.1 Å². The Morgan fingerprint density at radius 1 is 1.17 bits per heavy atom. The molecule has 35 heavy (non-hydrogen) atoms. The Kier molecular flexibility index (Phi) is 8.29. The van der Waals surface area contributed by atoms with E-state index in [0.29, 0.717) is 28.8 Å². The number of fused-ring (bicyclic) bond motifs is 2. The Balaban J connectivity index is 1.51. The molecule has 0 aromatic heterocycles. The second-order valence-electron chi connectivity index (χ2n) is 9.80. The van der Waals surface area contributed by atoms with Crippen molar-refractivity contribution in [2.75, 3.05) is 40.3 Å². The third-order valence-electron chi connectivity index (χ3n) is 7.94. The van der Waals surface area contributed by atoms with Crippen LogP contribution in [0.2, 0.25) is 10.0 Å². The van der Waals surface area contributed by atoms with Crippen molar-refractivity contribution in [1.82, 2.24) is 15.1 Å². The second kappa shape index (κ2) is 10.9. The van der Waals surface area contributed by atoms with Gasteiger partial charge in [-0.3, -0.25) is 9.00 Å². The largest absolute Gasteiger partial charge is 0.344 e. The molecule has 2 aliphatic heterocycles. The topological polar surface area (TPSA) is 52.7 Å². The van der Waals surface area contributed by atoms with Crippen LogP contribution in [-0.4, -0.2) is 60.2 Å². The highest BCUT2D eigenvalue weighted by atomic mass is 35.5. The molecular formula is C27H35Cl2N3O2S. The number of carbonyl (C=O) groups excluding carboxylic acids is 1. The van der Waals surface area contributed by atoms with E-state index in [1.54, 1.807) is 4.90 Å². The Bertz CT molecular complexity index is 1100. The number of piperidine rings is 1. The molecule has 1 fully saturated rings. The predicted molar refractivity (Wildman–Crippen MR) is 145 cm³/mol. The van der Waals surface area contributed by atoms with Gasteiger partial charge in [-0.25, -0.2) is 0 Å². The lowest BCUT2D eigenvalue weighted by Crippen LogP contribution is -2.52. The van der Waals surface area contributed by atoms with Crippen molar-refractivity contribution >= 4 is 39.9 Å². The molecule has 2 heterocycles. The van der Waals surface area contributed by atoms with E-state index in [1.807, 2.05) is 45.3 Å². The average molecular weight is 537 g/mol. The summed E-state index contributed by atoms with van der Waals surface area (Å²) >= 11 is 12.6. The Hall–Kier alpha value is -1.44. The van der Waals surface area contributed by atoms with Crippen LogP contribution in [0.25, 0.3) is 0 Å². The number of benzene rings is 2. The van der Waals surface area contributed by atoms with Crippen LogP contribution in [0.3, 0.4) is 0 Å². The van der Waals surface area contributed by atoms with Gasteiger partial charge in [0.15, 0.2) is 0 Å². The number of likely N-dealkylation sites (N-methyl/N-ethyl adjacent to an activating group) is 2. The number of hydrogen-bond donors (Lipinski definition) is 1. The van der Waals surface area contributed by atoms with E-state index in [0.717, 1.165) is 44.5 Å². The van der Waals surface area contributed by atoms with Crippen LogP contribution < -0.4 is 5.32 Å². The lowest BCUT2D eigenvalue weighted by atomic mass is 9.84. The summed E-state index contributed by atoms with van der Waals surface area (Å²) in [7, 11) is 2.93. The third kappa shape index (κ3) is 5.19. The fourth-order valence-corrected chi connectivity index (χ4v) is 7.89. The van der Waals surface area contributed by atoms with Gasteiger partial charge in [0, 0.05) is 43.1 Å². The summed E-state index contributed by atoms with van der Waals surface area (Å²) < 4.78 is 13.0. The van der Waals surface area contributed by atoms with E-state index in [9.17, 15) is 9.00 Å². The summed E-state index contributed by atoms with van der Waals surface area (Å²) in [6.07, 6.45) is 3.08. The summed E-state index contributed by atoms with van der Waals surface area (Å²) in [4.78, 5) is 16.7. The third-order valence-corrected chi connectivity index (χ3v) is 10.7. The zero-order chi connectivity index (χ0) is 25.2. The van der Waals surface area contributed by atoms with Crippen LogP contribution in [-0.2, 0) is 31.6 Å². The number of nitrogens with one attached hydrogen (secondary N) is 1. The molecule has 1 saturated heterocycles. The maximum atomic E-state index is 13.2. The smallest absolute Gasteiger partial charge is 0.222 e. The molecule has 1 N–H and O–H groups in total. The number of nitrogens with zero attached hydrogens (tertiary/aromatic N) is 2. The first-order valence-electron chi connectivity index (χ1n) is 12.3. The highest BCUT2D eigenvalue weighted by Crippen LogP contribution is 2.46. The summed E-state index contributed by atoms with van der Waals surface area (Å²) in [6.45, 7) is 5.09. The van der Waals surface area contributed by atoms with Crippen molar-refractivity contribution < 1.29 is 9.00 Å². The standard InChI is InChI=1S/C27H35Cl2N3O2S/c1-4-25(33)31(3)19-26(30-2,21-9-10-23(28)24(29)17-21)11-14-32-15-12-27(13-16-32)22-8-6-5-7-20(22)18-35(27)34/h5-10,17,30H,4,11-16,18-19H2,1-3H3/t26?,35-/m1/s1. The first-order valence-corrected chi connectivity index (χ1v) is 14.4. The fraction of sp³-hybridized carbons (Fsp3) is 0.519. The molecule has 1 amide bonds. The van der Waals surface area contributed by atoms with Gasteiger partial charge in [-0.1, -0.05) is 60.5 Å². The van der Waals surface area contributed by atoms with Gasteiger partial charge in [0.25, 0.3) is 0 Å². The molecular weight excluding hydrogens is 501 g/mol. The molecule has 2 aromatic carbocycles. The van der Waals surface area contributed by atoms with Gasteiger partial charge in [0.05, 0.1) is 20.3 Å². The van der Waals surface area contributed by atoms with E-state index in [2.05, 4.69) is 28.4 Å². The first kappa shape index (κ1) is 26.6. The number of halogens is 2. The molecule has 0 bridgehead atoms. The van der Waals surface area contributed by atoms with Crippen molar-refractivity contribution in [2.45, 2.75) is 48.6 Å².